The fourth-order valence-electron chi connectivity index (χ4n) is 6.70. The molecule has 2 aliphatic carbocycles. The van der Waals surface area contributed by atoms with E-state index in [4.69, 9.17) is 0 Å². The number of hydrogen-bond donors (Lipinski definition) is 1. The molecule has 0 aromatic carbocycles. The summed E-state index contributed by atoms with van der Waals surface area (Å²) in [5.74, 6) is 2.71. The molecule has 3 atom stereocenters. The number of imidazole rings is 1. The topological polar surface area (TPSA) is 69.2 Å². The van der Waals surface area contributed by atoms with Crippen LogP contribution in [0.1, 0.15) is 101 Å². The van der Waals surface area contributed by atoms with E-state index in [1.165, 1.54) is 23.1 Å². The highest BCUT2D eigenvalue weighted by Crippen LogP contribution is 2.49. The van der Waals surface area contributed by atoms with E-state index in [9.17, 15) is 18.0 Å². The molecule has 7 nitrogen and oxygen atoms in total. The smallest absolute Gasteiger partial charge is 0.320 e. The maximum Gasteiger partial charge on any atom is 0.418 e. The molecular formula is C29H41F3N6O. The van der Waals surface area contributed by atoms with Crippen molar-refractivity contribution in [2.45, 2.75) is 96.3 Å². The Bertz CT molecular complexity index is 1320. The molecule has 5 rings (SSSR count). The summed E-state index contributed by atoms with van der Waals surface area (Å²) in [6.07, 6.45) is 9.30. The van der Waals surface area contributed by atoms with Gasteiger partial charge in [0, 0.05) is 37.9 Å². The van der Waals surface area contributed by atoms with Crippen LogP contribution in [0.4, 0.5) is 13.2 Å². The Balaban J connectivity index is 1.42. The van der Waals surface area contributed by atoms with E-state index in [2.05, 4.69) is 29.4 Å². The van der Waals surface area contributed by atoms with Crippen molar-refractivity contribution in [2.24, 2.45) is 24.8 Å². The third-order valence-corrected chi connectivity index (χ3v) is 8.91. The van der Waals surface area contributed by atoms with Gasteiger partial charge in [-0.15, -0.1) is 10.2 Å². The Morgan fingerprint density at radius 1 is 1.10 bits per heavy atom. The van der Waals surface area contributed by atoms with Crippen molar-refractivity contribution >= 4 is 5.52 Å². The number of halogens is 3. The highest BCUT2D eigenvalue weighted by Gasteiger charge is 2.40. The monoisotopic (exact) mass is 546 g/mol. The molecule has 3 aromatic heterocycles. The van der Waals surface area contributed by atoms with Crippen LogP contribution in [-0.4, -0.2) is 30.3 Å². The fraction of sp³-hybridized carbons (Fsp3) is 0.690. The molecule has 3 heterocycles. The van der Waals surface area contributed by atoms with Crippen molar-refractivity contribution in [1.82, 2.24) is 29.0 Å². The van der Waals surface area contributed by atoms with E-state index < -0.39 is 11.7 Å². The highest BCUT2D eigenvalue weighted by atomic mass is 19.4. The number of rotatable bonds is 10. The number of fused-ring (bicyclic) bond motifs is 1. The minimum Gasteiger partial charge on any atom is -0.320 e. The van der Waals surface area contributed by atoms with Crippen LogP contribution >= 0.6 is 0 Å². The van der Waals surface area contributed by atoms with Crippen molar-refractivity contribution < 1.29 is 13.2 Å². The van der Waals surface area contributed by atoms with E-state index in [1.807, 2.05) is 11.6 Å². The molecule has 3 aromatic rings. The zero-order valence-electron chi connectivity index (χ0n) is 23.3. The third-order valence-electron chi connectivity index (χ3n) is 8.91. The van der Waals surface area contributed by atoms with Gasteiger partial charge < -0.3 is 9.88 Å². The Morgan fingerprint density at radius 2 is 1.85 bits per heavy atom. The molecule has 0 amide bonds. The summed E-state index contributed by atoms with van der Waals surface area (Å²) in [6, 6.07) is 1.06. The molecule has 214 valence electrons. The molecule has 0 radical (unpaired) electrons. The summed E-state index contributed by atoms with van der Waals surface area (Å²) >= 11 is 0. The summed E-state index contributed by atoms with van der Waals surface area (Å²) in [5.41, 5.74) is -0.740. The van der Waals surface area contributed by atoms with Gasteiger partial charge in [0.05, 0.1) is 11.1 Å². The number of nitrogens with one attached hydrogen (secondary N) is 1. The van der Waals surface area contributed by atoms with Gasteiger partial charge in [-0.05, 0) is 80.9 Å². The normalized spacial score (nSPS) is 21.5. The van der Waals surface area contributed by atoms with Gasteiger partial charge in [-0.2, -0.15) is 13.2 Å². The number of alkyl halides is 3. The average molecular weight is 547 g/mol. The molecule has 2 saturated carbocycles. The summed E-state index contributed by atoms with van der Waals surface area (Å²) in [5, 5.41) is 11.8. The molecule has 1 N–H and O–H groups in total. The van der Waals surface area contributed by atoms with Crippen LogP contribution in [0.3, 0.4) is 0 Å². The summed E-state index contributed by atoms with van der Waals surface area (Å²) in [6.45, 7) is 5.32. The molecular weight excluding hydrogens is 505 g/mol. The first-order valence-corrected chi connectivity index (χ1v) is 14.5. The molecule has 2 aliphatic rings. The van der Waals surface area contributed by atoms with Crippen molar-refractivity contribution in [1.29, 1.82) is 0 Å². The van der Waals surface area contributed by atoms with E-state index in [0.29, 0.717) is 29.9 Å². The van der Waals surface area contributed by atoms with Crippen molar-refractivity contribution in [3.8, 4) is 0 Å². The Labute approximate surface area is 227 Å². The lowest BCUT2D eigenvalue weighted by Gasteiger charge is -2.41. The lowest BCUT2D eigenvalue weighted by atomic mass is 9.66. The molecule has 0 aliphatic heterocycles. The average Bonchev–Trinajstić information content (AvgIpc) is 3.42. The maximum atomic E-state index is 14.1. The van der Waals surface area contributed by atoms with E-state index in [-0.39, 0.29) is 23.2 Å². The van der Waals surface area contributed by atoms with Gasteiger partial charge in [-0.1, -0.05) is 26.7 Å². The molecule has 10 heteroatoms. The van der Waals surface area contributed by atoms with Gasteiger partial charge in [0.15, 0.2) is 0 Å². The van der Waals surface area contributed by atoms with Gasteiger partial charge in [-0.3, -0.25) is 8.97 Å². The van der Waals surface area contributed by atoms with Gasteiger partial charge in [0.25, 0.3) is 0 Å². The second-order valence-corrected chi connectivity index (χ2v) is 12.1. The van der Waals surface area contributed by atoms with Crippen LogP contribution in [0.15, 0.2) is 29.6 Å². The quantitative estimate of drug-likeness (QED) is 0.313. The minimum absolute atomic E-state index is 0.0676. The largest absolute Gasteiger partial charge is 0.418 e. The molecule has 2 unspecified atom stereocenters. The van der Waals surface area contributed by atoms with Crippen LogP contribution in [0.2, 0.25) is 0 Å². The predicted octanol–water partition coefficient (Wildman–Crippen LogP) is 6.09. The van der Waals surface area contributed by atoms with E-state index >= 15 is 0 Å². The van der Waals surface area contributed by atoms with Crippen molar-refractivity contribution in [2.75, 3.05) is 6.54 Å². The first kappa shape index (κ1) is 27.9. The number of nitrogens with zero attached hydrogens (tertiary/aromatic N) is 5. The SMILES string of the molecule is CC(C)CCCNCc1cc(C(F)(F)F)c2cn(C3CCCC([C@@H](c4nncn4C)C4CCC4)C3)c(=O)n2c1. The second-order valence-electron chi connectivity index (χ2n) is 12.1. The van der Waals surface area contributed by atoms with Crippen LogP contribution in [0.5, 0.6) is 0 Å². The van der Waals surface area contributed by atoms with Gasteiger partial charge in [0.2, 0.25) is 0 Å². The fourth-order valence-corrected chi connectivity index (χ4v) is 6.70. The second kappa shape index (κ2) is 11.5. The van der Waals surface area contributed by atoms with E-state index in [0.717, 1.165) is 63.7 Å². The lowest BCUT2D eigenvalue weighted by Crippen LogP contribution is -2.34. The first-order valence-electron chi connectivity index (χ1n) is 14.5. The van der Waals surface area contributed by atoms with Crippen LogP contribution < -0.4 is 11.0 Å². The summed E-state index contributed by atoms with van der Waals surface area (Å²) in [4.78, 5) is 13.6. The summed E-state index contributed by atoms with van der Waals surface area (Å²) < 4.78 is 47.2. The zero-order chi connectivity index (χ0) is 27.7. The van der Waals surface area contributed by atoms with Gasteiger partial charge in [-0.25, -0.2) is 4.79 Å². The van der Waals surface area contributed by atoms with Crippen LogP contribution in [0, 0.1) is 17.8 Å². The predicted molar refractivity (Wildman–Crippen MR) is 145 cm³/mol. The standard InChI is InChI=1S/C29H41F3N6O/c1-19(2)7-6-12-33-15-20-13-24(29(30,31)32)25-17-37(28(39)38(25)16-20)23-11-5-10-22(14-23)26(21-8-4-9-21)27-35-34-18-36(27)3/h13,16-19,21-23,26,33H,4-12,14-15H2,1-3H3/t22?,23?,26-/m0/s1. The minimum atomic E-state index is -4.55. The molecule has 0 saturated heterocycles. The zero-order valence-corrected chi connectivity index (χ0v) is 23.3. The lowest BCUT2D eigenvalue weighted by molar-refractivity contribution is -0.136. The Kier molecular flexibility index (Phi) is 8.21. The molecule has 39 heavy (non-hydrogen) atoms. The number of hydrogen-bond acceptors (Lipinski definition) is 4. The van der Waals surface area contributed by atoms with Crippen LogP contribution in [-0.2, 0) is 19.8 Å². The highest BCUT2D eigenvalue weighted by molar-refractivity contribution is 5.56. The van der Waals surface area contributed by atoms with Crippen molar-refractivity contribution in [3.05, 3.63) is 52.2 Å². The molecule has 0 spiro atoms. The van der Waals surface area contributed by atoms with Gasteiger partial charge >= 0.3 is 11.9 Å². The van der Waals surface area contributed by atoms with Crippen LogP contribution in [0.25, 0.3) is 5.52 Å². The molecule has 2 fully saturated rings. The number of pyridine rings is 1. The first-order chi connectivity index (χ1) is 18.6. The maximum absolute atomic E-state index is 14.1. The number of aromatic nitrogens is 5. The Morgan fingerprint density at radius 3 is 2.49 bits per heavy atom. The number of aryl methyl sites for hydroxylation is 1. The summed E-state index contributed by atoms with van der Waals surface area (Å²) in [7, 11) is 1.97. The van der Waals surface area contributed by atoms with Crippen molar-refractivity contribution in [3.63, 3.8) is 0 Å². The molecule has 0 bridgehead atoms. The van der Waals surface area contributed by atoms with E-state index in [1.54, 1.807) is 17.1 Å². The van der Waals surface area contributed by atoms with Gasteiger partial charge in [0.1, 0.15) is 12.2 Å². The third kappa shape index (κ3) is 5.95. The Hall–Kier alpha value is -2.62.